The van der Waals surface area contributed by atoms with Crippen LogP contribution in [0.25, 0.3) is 10.6 Å². The SMILES string of the molecule is CCS(=O)(=O)N(c1ccc(-c2nn(C)c(=NC3CCCCC3)s2)cc1)S(=O)(=O)CC. The molecule has 0 N–H and O–H groups in total. The molecule has 0 atom stereocenters. The molecule has 3 rings (SSSR count). The molecule has 30 heavy (non-hydrogen) atoms. The predicted octanol–water partition coefficient (Wildman–Crippen LogP) is 2.89. The number of sulfonamides is 2. The van der Waals surface area contributed by atoms with Gasteiger partial charge in [0.15, 0.2) is 0 Å². The van der Waals surface area contributed by atoms with E-state index in [0.29, 0.717) is 9.75 Å². The zero-order valence-corrected chi connectivity index (χ0v) is 19.9. The van der Waals surface area contributed by atoms with Crippen LogP contribution in [0.5, 0.6) is 0 Å². The summed E-state index contributed by atoms with van der Waals surface area (Å²) in [5.74, 6) is -0.606. The maximum atomic E-state index is 12.4. The van der Waals surface area contributed by atoms with E-state index in [2.05, 4.69) is 5.10 Å². The summed E-state index contributed by atoms with van der Waals surface area (Å²) >= 11 is 1.48. The number of hydrogen-bond acceptors (Lipinski definition) is 7. The van der Waals surface area contributed by atoms with Crippen LogP contribution in [0, 0.1) is 0 Å². The van der Waals surface area contributed by atoms with Gasteiger partial charge in [-0.25, -0.2) is 21.5 Å². The van der Waals surface area contributed by atoms with E-state index < -0.39 is 20.0 Å². The summed E-state index contributed by atoms with van der Waals surface area (Å²) < 4.78 is 52.0. The highest BCUT2D eigenvalue weighted by atomic mass is 32.3. The fourth-order valence-electron chi connectivity index (χ4n) is 3.40. The molecule has 0 aliphatic heterocycles. The quantitative estimate of drug-likeness (QED) is 0.617. The third-order valence-corrected chi connectivity index (χ3v) is 10.5. The van der Waals surface area contributed by atoms with Crippen molar-refractivity contribution in [2.45, 2.75) is 52.0 Å². The third-order valence-electron chi connectivity index (χ3n) is 5.13. The van der Waals surface area contributed by atoms with Crippen LogP contribution in [0.15, 0.2) is 29.3 Å². The molecule has 2 aromatic rings. The first-order valence-corrected chi connectivity index (χ1v) is 14.2. The topological polar surface area (TPSA) is 102 Å². The molecular formula is C19H28N4O4S3. The minimum absolute atomic E-state index is 0.107. The van der Waals surface area contributed by atoms with Gasteiger partial charge in [0.05, 0.1) is 23.2 Å². The standard InChI is InChI=1S/C19H28N4O4S3/c1-4-29(24,25)23(30(26,27)5-2)17-13-11-15(12-14-17)18-21-22(3)19(28-18)20-16-9-7-6-8-10-16/h11-14,16H,4-10H2,1-3H3. The second kappa shape index (κ2) is 9.19. The largest absolute Gasteiger partial charge is 0.254 e. The first-order valence-electron chi connectivity index (χ1n) is 10.1. The van der Waals surface area contributed by atoms with Gasteiger partial charge in [0.2, 0.25) is 24.8 Å². The lowest BCUT2D eigenvalue weighted by Crippen LogP contribution is -2.39. The third kappa shape index (κ3) is 4.94. The molecule has 0 saturated heterocycles. The van der Waals surface area contributed by atoms with Gasteiger partial charge in [-0.2, -0.15) is 8.81 Å². The molecule has 1 heterocycles. The highest BCUT2D eigenvalue weighted by Crippen LogP contribution is 2.27. The van der Waals surface area contributed by atoms with E-state index in [0.717, 1.165) is 28.2 Å². The normalized spacial score (nSPS) is 16.7. The van der Waals surface area contributed by atoms with Gasteiger partial charge in [-0.1, -0.05) is 30.6 Å². The second-order valence-electron chi connectivity index (χ2n) is 7.28. The molecule has 0 spiro atoms. The first-order chi connectivity index (χ1) is 14.2. The van der Waals surface area contributed by atoms with Gasteiger partial charge in [0.1, 0.15) is 5.01 Å². The Kier molecular flexibility index (Phi) is 7.03. The van der Waals surface area contributed by atoms with E-state index in [9.17, 15) is 16.8 Å². The Bertz CT molecular complexity index is 1110. The molecule has 8 nitrogen and oxygen atoms in total. The van der Waals surface area contributed by atoms with E-state index in [-0.39, 0.29) is 17.2 Å². The van der Waals surface area contributed by atoms with Crippen molar-refractivity contribution >= 4 is 37.1 Å². The Labute approximate surface area is 182 Å². The molecule has 0 bridgehead atoms. The highest BCUT2D eigenvalue weighted by Gasteiger charge is 2.31. The van der Waals surface area contributed by atoms with Crippen LogP contribution < -0.4 is 8.51 Å². The zero-order chi connectivity index (χ0) is 21.9. The van der Waals surface area contributed by atoms with E-state index in [1.54, 1.807) is 16.8 Å². The molecule has 1 fully saturated rings. The molecule has 1 aliphatic rings. The average molecular weight is 473 g/mol. The number of anilines is 1. The molecular weight excluding hydrogens is 444 g/mol. The van der Waals surface area contributed by atoms with Gasteiger partial charge in [0, 0.05) is 12.6 Å². The van der Waals surface area contributed by atoms with Gasteiger partial charge in [-0.3, -0.25) is 4.99 Å². The number of hydrogen-bond donors (Lipinski definition) is 0. The lowest BCUT2D eigenvalue weighted by molar-refractivity contribution is 0.434. The monoisotopic (exact) mass is 472 g/mol. The molecule has 1 aliphatic carbocycles. The number of aryl methyl sites for hydroxylation is 1. The summed E-state index contributed by atoms with van der Waals surface area (Å²) in [5.41, 5.74) is 0.891. The maximum Gasteiger partial charge on any atom is 0.247 e. The van der Waals surface area contributed by atoms with Gasteiger partial charge < -0.3 is 0 Å². The summed E-state index contributed by atoms with van der Waals surface area (Å²) in [5, 5.41) is 5.29. The Morgan fingerprint density at radius 2 is 1.60 bits per heavy atom. The lowest BCUT2D eigenvalue weighted by atomic mass is 9.96. The predicted molar refractivity (Wildman–Crippen MR) is 120 cm³/mol. The van der Waals surface area contributed by atoms with Gasteiger partial charge >= 0.3 is 0 Å². The Morgan fingerprint density at radius 3 is 2.13 bits per heavy atom. The van der Waals surface area contributed by atoms with E-state index in [1.807, 2.05) is 7.05 Å². The molecule has 1 aromatic carbocycles. The van der Waals surface area contributed by atoms with Crippen molar-refractivity contribution in [2.24, 2.45) is 12.0 Å². The summed E-state index contributed by atoms with van der Waals surface area (Å²) in [6, 6.07) is 6.75. The number of aromatic nitrogens is 2. The minimum Gasteiger partial charge on any atom is -0.254 e. The van der Waals surface area contributed by atoms with E-state index in [4.69, 9.17) is 4.99 Å². The van der Waals surface area contributed by atoms with E-state index >= 15 is 0 Å². The zero-order valence-electron chi connectivity index (χ0n) is 17.5. The second-order valence-corrected chi connectivity index (χ2v) is 12.7. The number of rotatable bonds is 7. The average Bonchev–Trinajstić information content (AvgIpc) is 3.09. The Morgan fingerprint density at radius 1 is 1.03 bits per heavy atom. The van der Waals surface area contributed by atoms with Crippen molar-refractivity contribution in [1.82, 2.24) is 9.78 Å². The maximum absolute atomic E-state index is 12.4. The minimum atomic E-state index is -3.97. The molecule has 0 unspecified atom stereocenters. The Hall–Kier alpha value is -1.72. The summed E-state index contributed by atoms with van der Waals surface area (Å²) in [6.45, 7) is 2.85. The molecule has 11 heteroatoms. The van der Waals surface area contributed by atoms with Crippen molar-refractivity contribution < 1.29 is 16.8 Å². The van der Waals surface area contributed by atoms with Crippen molar-refractivity contribution in [3.05, 3.63) is 29.1 Å². The molecule has 1 aromatic heterocycles. The highest BCUT2D eigenvalue weighted by molar-refractivity contribution is 8.10. The fraction of sp³-hybridized carbons (Fsp3) is 0.579. The van der Waals surface area contributed by atoms with Gasteiger partial charge in [-0.15, -0.1) is 0 Å². The van der Waals surface area contributed by atoms with Gasteiger partial charge in [0.25, 0.3) is 0 Å². The number of benzene rings is 1. The van der Waals surface area contributed by atoms with Crippen LogP contribution in [0.2, 0.25) is 0 Å². The van der Waals surface area contributed by atoms with Crippen LogP contribution in [0.3, 0.4) is 0 Å². The van der Waals surface area contributed by atoms with Crippen LogP contribution in [-0.2, 0) is 27.1 Å². The van der Waals surface area contributed by atoms with Crippen molar-refractivity contribution in [3.63, 3.8) is 0 Å². The molecule has 0 radical (unpaired) electrons. The van der Waals surface area contributed by atoms with Crippen LogP contribution >= 0.6 is 11.3 Å². The summed E-state index contributed by atoms with van der Waals surface area (Å²) in [6.07, 6.45) is 5.91. The van der Waals surface area contributed by atoms with Crippen LogP contribution in [0.4, 0.5) is 5.69 Å². The summed E-state index contributed by atoms with van der Waals surface area (Å²) in [7, 11) is -6.07. The lowest BCUT2D eigenvalue weighted by Gasteiger charge is -2.22. The van der Waals surface area contributed by atoms with Crippen LogP contribution in [0.1, 0.15) is 46.0 Å². The smallest absolute Gasteiger partial charge is 0.247 e. The van der Waals surface area contributed by atoms with Gasteiger partial charge in [-0.05, 0) is 51.0 Å². The van der Waals surface area contributed by atoms with E-state index in [1.165, 1.54) is 56.6 Å². The van der Waals surface area contributed by atoms with Crippen molar-refractivity contribution in [1.29, 1.82) is 0 Å². The Balaban J connectivity index is 1.94. The van der Waals surface area contributed by atoms with Crippen LogP contribution in [-0.4, -0.2) is 44.2 Å². The molecule has 0 amide bonds. The van der Waals surface area contributed by atoms with Crippen molar-refractivity contribution in [2.75, 3.05) is 15.2 Å². The molecule has 166 valence electrons. The molecule has 1 saturated carbocycles. The fourth-order valence-corrected chi connectivity index (χ4v) is 7.74. The number of nitrogens with zero attached hydrogens (tertiary/aromatic N) is 4. The first kappa shape index (κ1) is 23.0. The summed E-state index contributed by atoms with van der Waals surface area (Å²) in [4.78, 5) is 5.70. The van der Waals surface area contributed by atoms with Crippen molar-refractivity contribution in [3.8, 4) is 10.6 Å².